The van der Waals surface area contributed by atoms with Gasteiger partial charge in [0.2, 0.25) is 0 Å². The van der Waals surface area contributed by atoms with Gasteiger partial charge in [0.25, 0.3) is 5.24 Å². The minimum absolute atomic E-state index is 0.0575. The van der Waals surface area contributed by atoms with Crippen molar-refractivity contribution in [2.75, 3.05) is 19.3 Å². The molecule has 0 saturated heterocycles. The summed E-state index contributed by atoms with van der Waals surface area (Å²) in [5.74, 6) is -0.128. The smallest absolute Gasteiger partial charge is 0.310 e. The molecule has 42 heavy (non-hydrogen) atoms. The summed E-state index contributed by atoms with van der Waals surface area (Å²) >= 11 is 1.15. The van der Waals surface area contributed by atoms with Gasteiger partial charge in [0.1, 0.15) is 5.78 Å². The number of hydrogen-bond acceptors (Lipinski definition) is 5. The molecule has 0 bridgehead atoms. The zero-order valence-corrected chi connectivity index (χ0v) is 28.5. The van der Waals surface area contributed by atoms with Crippen LogP contribution in [0.3, 0.4) is 0 Å². The molecule has 0 heterocycles. The van der Waals surface area contributed by atoms with Crippen molar-refractivity contribution in [1.82, 2.24) is 4.90 Å². The van der Waals surface area contributed by atoms with Gasteiger partial charge in [-0.25, -0.2) is 0 Å². The molecule has 5 nitrogen and oxygen atoms in total. The van der Waals surface area contributed by atoms with Crippen LogP contribution in [-0.4, -0.2) is 41.2 Å². The Labute approximate surface area is 264 Å². The number of unbranched alkanes of at least 4 members (excludes halogenated alkanes) is 18. The highest BCUT2D eigenvalue weighted by Crippen LogP contribution is 2.13. The van der Waals surface area contributed by atoms with E-state index in [1.165, 1.54) is 115 Å². The number of carbonyl (C=O) groups is 3. The van der Waals surface area contributed by atoms with E-state index in [4.69, 9.17) is 4.74 Å². The number of esters is 1. The molecule has 6 heteroatoms. The molecule has 0 rings (SSSR count). The summed E-state index contributed by atoms with van der Waals surface area (Å²) in [7, 11) is 0. The van der Waals surface area contributed by atoms with Crippen molar-refractivity contribution >= 4 is 28.8 Å². The number of nitrogens with zero attached hydrogens (tertiary/aromatic N) is 1. The Kier molecular flexibility index (Phi) is 31.2. The van der Waals surface area contributed by atoms with Gasteiger partial charge in [0.15, 0.2) is 0 Å². The molecular weight excluding hydrogens is 542 g/mol. The molecule has 0 atom stereocenters. The molecule has 0 aliphatic heterocycles. The van der Waals surface area contributed by atoms with Gasteiger partial charge in [-0.2, -0.15) is 0 Å². The van der Waals surface area contributed by atoms with Gasteiger partial charge in [-0.15, -0.1) is 0 Å². The lowest BCUT2D eigenvalue weighted by Gasteiger charge is -2.20. The molecule has 0 aromatic rings. The number of Topliss-reactive ketones (excluding diaryl/α,β-unsaturated/α-hetero) is 1. The maximum Gasteiger partial charge on any atom is 0.310 e. The van der Waals surface area contributed by atoms with Gasteiger partial charge < -0.3 is 9.64 Å². The maximum atomic E-state index is 12.3. The maximum absolute atomic E-state index is 12.3. The minimum Gasteiger partial charge on any atom is -0.435 e. The first-order valence-electron chi connectivity index (χ1n) is 17.4. The third-order valence-electron chi connectivity index (χ3n) is 7.66. The number of amides is 1. The van der Waals surface area contributed by atoms with Crippen LogP contribution < -0.4 is 0 Å². The molecule has 0 aromatic heterocycles. The first-order chi connectivity index (χ1) is 20.5. The van der Waals surface area contributed by atoms with Crippen LogP contribution in [0.2, 0.25) is 0 Å². The van der Waals surface area contributed by atoms with Crippen molar-refractivity contribution in [3.63, 3.8) is 0 Å². The Hall–Kier alpha value is -1.56. The third-order valence-corrected chi connectivity index (χ3v) is 8.27. The minimum atomic E-state index is -0.275. The quantitative estimate of drug-likeness (QED) is 0.0352. The Morgan fingerprint density at radius 3 is 1.62 bits per heavy atom. The summed E-state index contributed by atoms with van der Waals surface area (Å²) in [5.41, 5.74) is 0. The molecule has 0 spiro atoms. The normalized spacial score (nSPS) is 11.5. The monoisotopic (exact) mass is 607 g/mol. The van der Waals surface area contributed by atoms with Crippen LogP contribution in [0.25, 0.3) is 0 Å². The fraction of sp³-hybridized carbons (Fsp3) is 0.806. The predicted molar refractivity (Wildman–Crippen MR) is 182 cm³/mol. The lowest BCUT2D eigenvalue weighted by molar-refractivity contribution is -0.138. The van der Waals surface area contributed by atoms with Crippen molar-refractivity contribution in [2.24, 2.45) is 0 Å². The summed E-state index contributed by atoms with van der Waals surface area (Å²) in [5, 5.41) is -0.0575. The Bertz CT molecular complexity index is 707. The molecule has 0 aliphatic rings. The van der Waals surface area contributed by atoms with Gasteiger partial charge in [-0.1, -0.05) is 140 Å². The summed E-state index contributed by atoms with van der Waals surface area (Å²) in [6.45, 7) is 5.36. The summed E-state index contributed by atoms with van der Waals surface area (Å²) in [6, 6.07) is 0. The number of allylic oxidation sites excluding steroid dienone is 3. The number of ketones is 1. The first-order valence-corrected chi connectivity index (χ1v) is 18.6. The molecule has 244 valence electrons. The highest BCUT2D eigenvalue weighted by atomic mass is 32.2. The number of carbonyl (C=O) groups excluding carboxylic acids is 3. The number of thioether (sulfide) groups is 1. The van der Waals surface area contributed by atoms with E-state index in [1.54, 1.807) is 11.2 Å². The molecule has 0 aliphatic carbocycles. The molecular formula is C36H65NO4S. The fourth-order valence-electron chi connectivity index (χ4n) is 4.93. The second-order valence-electron chi connectivity index (χ2n) is 11.6. The van der Waals surface area contributed by atoms with Crippen molar-refractivity contribution in [3.05, 3.63) is 24.5 Å². The summed E-state index contributed by atoms with van der Waals surface area (Å²) in [4.78, 5) is 38.4. The van der Waals surface area contributed by atoms with Gasteiger partial charge in [0, 0.05) is 32.4 Å². The Balaban J connectivity index is 3.90. The number of hydrogen-bond donors (Lipinski definition) is 0. The van der Waals surface area contributed by atoms with Crippen molar-refractivity contribution in [1.29, 1.82) is 0 Å². The average Bonchev–Trinajstić information content (AvgIpc) is 2.99. The lowest BCUT2D eigenvalue weighted by Crippen LogP contribution is -2.31. The predicted octanol–water partition coefficient (Wildman–Crippen LogP) is 11.4. The van der Waals surface area contributed by atoms with E-state index >= 15 is 0 Å². The number of ether oxygens (including phenoxy) is 1. The van der Waals surface area contributed by atoms with E-state index in [9.17, 15) is 14.4 Å². The van der Waals surface area contributed by atoms with Crippen LogP contribution in [0.1, 0.15) is 168 Å². The Morgan fingerprint density at radius 1 is 0.595 bits per heavy atom. The SMILES string of the molecule is CCCCCCCCCCCC=CCC(=O)CCN(CCCC(=O)OC=CCCCCCCCCCCC)C(=O)SC. The molecule has 0 fully saturated rings. The van der Waals surface area contributed by atoms with Crippen molar-refractivity contribution < 1.29 is 19.1 Å². The standard InChI is InChI=1S/C36H65NO4S/c1-4-6-8-10-12-14-16-17-19-21-23-25-28-34(38)30-32-37(36(40)42-3)31-27-29-35(39)41-33-26-24-22-20-18-15-13-11-9-7-5-2/h23,25-26,33H,4-22,24,27-32H2,1-3H3. The Morgan fingerprint density at radius 2 is 1.10 bits per heavy atom. The zero-order chi connectivity index (χ0) is 30.9. The highest BCUT2D eigenvalue weighted by Gasteiger charge is 2.14. The molecule has 0 radical (unpaired) electrons. The van der Waals surface area contributed by atoms with E-state index in [0.717, 1.165) is 31.0 Å². The third kappa shape index (κ3) is 28.6. The first kappa shape index (κ1) is 40.4. The summed E-state index contributed by atoms with van der Waals surface area (Å²) < 4.78 is 5.21. The largest absolute Gasteiger partial charge is 0.435 e. The second-order valence-corrected chi connectivity index (χ2v) is 12.4. The topological polar surface area (TPSA) is 63.7 Å². The molecule has 0 unspecified atom stereocenters. The van der Waals surface area contributed by atoms with Crippen molar-refractivity contribution in [2.45, 2.75) is 168 Å². The molecule has 0 aromatic carbocycles. The molecule has 0 N–H and O–H groups in total. The molecule has 0 saturated carbocycles. The summed E-state index contributed by atoms with van der Waals surface area (Å²) in [6.07, 6.45) is 36.4. The van der Waals surface area contributed by atoms with E-state index < -0.39 is 0 Å². The van der Waals surface area contributed by atoms with Crippen LogP contribution in [0.15, 0.2) is 24.5 Å². The zero-order valence-electron chi connectivity index (χ0n) is 27.7. The van der Waals surface area contributed by atoms with Crippen LogP contribution in [0.5, 0.6) is 0 Å². The average molecular weight is 608 g/mol. The van der Waals surface area contributed by atoms with Gasteiger partial charge >= 0.3 is 5.97 Å². The number of rotatable bonds is 30. The van der Waals surface area contributed by atoms with Gasteiger partial charge in [-0.3, -0.25) is 14.4 Å². The van der Waals surface area contributed by atoms with Crippen LogP contribution in [0, 0.1) is 0 Å². The highest BCUT2D eigenvalue weighted by molar-refractivity contribution is 8.12. The van der Waals surface area contributed by atoms with E-state index in [-0.39, 0.29) is 23.4 Å². The van der Waals surface area contributed by atoms with Crippen LogP contribution >= 0.6 is 11.8 Å². The van der Waals surface area contributed by atoms with Gasteiger partial charge in [0.05, 0.1) is 6.26 Å². The van der Waals surface area contributed by atoms with Crippen LogP contribution in [0.4, 0.5) is 4.79 Å². The van der Waals surface area contributed by atoms with Crippen molar-refractivity contribution in [3.8, 4) is 0 Å². The van der Waals surface area contributed by atoms with E-state index in [2.05, 4.69) is 19.9 Å². The van der Waals surface area contributed by atoms with Crippen LogP contribution in [-0.2, 0) is 14.3 Å². The molecule has 1 amide bonds. The fourth-order valence-corrected chi connectivity index (χ4v) is 5.37. The lowest BCUT2D eigenvalue weighted by atomic mass is 10.1. The second kappa shape index (κ2) is 32.4. The van der Waals surface area contributed by atoms with E-state index in [1.807, 2.05) is 12.2 Å². The van der Waals surface area contributed by atoms with E-state index in [0.29, 0.717) is 32.4 Å². The van der Waals surface area contributed by atoms with Gasteiger partial charge in [-0.05, 0) is 44.4 Å².